The number of anilines is 2. The van der Waals surface area contributed by atoms with E-state index in [1.165, 1.54) is 17.7 Å². The summed E-state index contributed by atoms with van der Waals surface area (Å²) in [5.41, 5.74) is -0.514. The van der Waals surface area contributed by atoms with Crippen LogP contribution < -0.4 is 21.4 Å². The van der Waals surface area contributed by atoms with Crippen LogP contribution in [0.15, 0.2) is 52.1 Å². The van der Waals surface area contributed by atoms with E-state index in [1.807, 2.05) is 0 Å². The molecule has 2 aromatic heterocycles. The maximum absolute atomic E-state index is 12.8. The van der Waals surface area contributed by atoms with Gasteiger partial charge < -0.3 is 15.2 Å². The third kappa shape index (κ3) is 5.33. The molecular weight excluding hydrogens is 438 g/mol. The molecule has 1 aliphatic carbocycles. The summed E-state index contributed by atoms with van der Waals surface area (Å²) >= 11 is 0. The maximum Gasteiger partial charge on any atom is 0.354 e. The first-order valence-electron chi connectivity index (χ1n) is 11.2. The van der Waals surface area contributed by atoms with Crippen molar-refractivity contribution in [3.63, 3.8) is 0 Å². The van der Waals surface area contributed by atoms with Gasteiger partial charge in [-0.15, -0.1) is 0 Å². The number of nitrogens with one attached hydrogen (secondary N) is 1. The van der Waals surface area contributed by atoms with E-state index in [-0.39, 0.29) is 17.5 Å². The van der Waals surface area contributed by atoms with Crippen molar-refractivity contribution in [1.82, 2.24) is 19.1 Å². The second-order valence-corrected chi connectivity index (χ2v) is 8.71. The number of benzene rings is 1. The molecule has 1 aromatic carbocycles. The summed E-state index contributed by atoms with van der Waals surface area (Å²) < 4.78 is 8.19. The highest BCUT2D eigenvalue weighted by Gasteiger charge is 2.21. The van der Waals surface area contributed by atoms with E-state index in [4.69, 9.17) is 9.84 Å². The molecule has 0 amide bonds. The summed E-state index contributed by atoms with van der Waals surface area (Å²) in [6, 6.07) is 11.3. The van der Waals surface area contributed by atoms with Crippen LogP contribution >= 0.6 is 0 Å². The van der Waals surface area contributed by atoms with Gasteiger partial charge in [-0.25, -0.2) is 23.9 Å². The molecule has 2 N–H and O–H groups in total. The molecule has 0 saturated heterocycles. The molecule has 0 atom stereocenters. The smallest absolute Gasteiger partial charge is 0.354 e. The van der Waals surface area contributed by atoms with E-state index in [0.717, 1.165) is 30.3 Å². The number of carbonyl (C=O) groups is 1. The molecule has 178 valence electrons. The van der Waals surface area contributed by atoms with Gasteiger partial charge in [0.15, 0.2) is 5.69 Å². The fraction of sp³-hybridized carbons (Fsp3) is 0.375. The van der Waals surface area contributed by atoms with Crippen molar-refractivity contribution in [2.24, 2.45) is 18.9 Å². The summed E-state index contributed by atoms with van der Waals surface area (Å²) in [5.74, 6) is 0.733. The molecule has 10 heteroatoms. The van der Waals surface area contributed by atoms with Crippen LogP contribution in [0.4, 0.5) is 11.6 Å². The Kier molecular flexibility index (Phi) is 6.76. The molecule has 0 radical (unpaired) electrons. The third-order valence-corrected chi connectivity index (χ3v) is 6.11. The lowest BCUT2D eigenvalue weighted by Gasteiger charge is -2.27. The molecule has 10 nitrogen and oxygen atoms in total. The molecule has 0 aliphatic heterocycles. The minimum atomic E-state index is -1.14. The number of hydrogen-bond donors (Lipinski definition) is 2. The number of ether oxygens (including phenoxy) is 1. The van der Waals surface area contributed by atoms with Crippen LogP contribution in [-0.2, 0) is 13.6 Å². The Labute approximate surface area is 195 Å². The van der Waals surface area contributed by atoms with Crippen molar-refractivity contribution >= 4 is 17.6 Å². The number of carboxylic acids is 1. The van der Waals surface area contributed by atoms with Crippen molar-refractivity contribution in [1.29, 1.82) is 0 Å². The van der Waals surface area contributed by atoms with E-state index in [0.29, 0.717) is 29.8 Å². The Morgan fingerprint density at radius 3 is 2.47 bits per heavy atom. The van der Waals surface area contributed by atoms with Crippen molar-refractivity contribution in [3.05, 3.63) is 69.1 Å². The van der Waals surface area contributed by atoms with E-state index >= 15 is 0 Å². The van der Waals surface area contributed by atoms with E-state index < -0.39 is 17.3 Å². The summed E-state index contributed by atoms with van der Waals surface area (Å²) in [6.07, 6.45) is 4.35. The van der Waals surface area contributed by atoms with Gasteiger partial charge in [0, 0.05) is 25.3 Å². The largest absolute Gasteiger partial charge is 0.477 e. The average Bonchev–Trinajstić information content (AvgIpc) is 2.83. The van der Waals surface area contributed by atoms with Gasteiger partial charge in [0.1, 0.15) is 5.75 Å². The lowest BCUT2D eigenvalue weighted by Crippen LogP contribution is -2.42. The van der Waals surface area contributed by atoms with Crippen LogP contribution in [-0.4, -0.2) is 30.2 Å². The van der Waals surface area contributed by atoms with Crippen molar-refractivity contribution in [2.45, 2.75) is 39.2 Å². The summed E-state index contributed by atoms with van der Waals surface area (Å²) in [7, 11) is 1.43. The second kappa shape index (κ2) is 9.90. The third-order valence-electron chi connectivity index (χ3n) is 6.11. The number of hydrogen-bond acceptors (Lipinski definition) is 7. The first-order valence-corrected chi connectivity index (χ1v) is 11.2. The normalized spacial score (nSPS) is 17.8. The maximum atomic E-state index is 12.8. The van der Waals surface area contributed by atoms with Crippen molar-refractivity contribution in [3.8, 4) is 11.6 Å². The number of aromatic carboxylic acids is 1. The minimum Gasteiger partial charge on any atom is -0.477 e. The van der Waals surface area contributed by atoms with Crippen LogP contribution in [0, 0.1) is 11.8 Å². The highest BCUT2D eigenvalue weighted by molar-refractivity contribution is 5.85. The summed E-state index contributed by atoms with van der Waals surface area (Å²) in [6.45, 7) is 2.75. The van der Waals surface area contributed by atoms with Gasteiger partial charge in [0.05, 0.1) is 0 Å². The van der Waals surface area contributed by atoms with Crippen LogP contribution in [0.2, 0.25) is 0 Å². The Balaban J connectivity index is 1.53. The van der Waals surface area contributed by atoms with Crippen LogP contribution in [0.25, 0.3) is 0 Å². The molecule has 0 bridgehead atoms. The van der Waals surface area contributed by atoms with E-state index in [2.05, 4.69) is 22.2 Å². The van der Waals surface area contributed by atoms with Gasteiger partial charge in [-0.3, -0.25) is 4.57 Å². The number of aromatic nitrogens is 4. The van der Waals surface area contributed by atoms with Gasteiger partial charge in [0.25, 0.3) is 0 Å². The minimum absolute atomic E-state index is 0.113. The Bertz CT molecular complexity index is 1290. The highest BCUT2D eigenvalue weighted by Crippen LogP contribution is 2.30. The van der Waals surface area contributed by atoms with Crippen molar-refractivity contribution in [2.75, 3.05) is 5.32 Å². The van der Waals surface area contributed by atoms with Crippen LogP contribution in [0.5, 0.6) is 11.6 Å². The van der Waals surface area contributed by atoms with Crippen LogP contribution in [0.3, 0.4) is 0 Å². The number of nitrogens with zero attached hydrogens (tertiary/aromatic N) is 4. The predicted molar refractivity (Wildman–Crippen MR) is 126 cm³/mol. The SMILES string of the molecule is CC1CCC(Cn2c(Nc3ccc(Oc4cccc(C(=O)O)n4)cc3)nc(=O)n(C)c2=O)CC1. The molecule has 0 unspecified atom stereocenters. The van der Waals surface area contributed by atoms with E-state index in [9.17, 15) is 14.4 Å². The molecule has 34 heavy (non-hydrogen) atoms. The lowest BCUT2D eigenvalue weighted by atomic mass is 9.83. The zero-order valence-electron chi connectivity index (χ0n) is 19.1. The first-order chi connectivity index (χ1) is 16.3. The molecule has 2 heterocycles. The second-order valence-electron chi connectivity index (χ2n) is 8.71. The molecular formula is C24H27N5O5. The zero-order chi connectivity index (χ0) is 24.2. The van der Waals surface area contributed by atoms with Gasteiger partial charge >= 0.3 is 17.3 Å². The monoisotopic (exact) mass is 465 g/mol. The van der Waals surface area contributed by atoms with E-state index in [1.54, 1.807) is 36.4 Å². The van der Waals surface area contributed by atoms with Gasteiger partial charge in [0.2, 0.25) is 11.8 Å². The average molecular weight is 466 g/mol. The molecule has 1 saturated carbocycles. The summed E-state index contributed by atoms with van der Waals surface area (Å²) in [5, 5.41) is 12.1. The quantitative estimate of drug-likeness (QED) is 0.543. The predicted octanol–water partition coefficient (Wildman–Crippen LogP) is 3.40. The number of carboxylic acid groups (broad SMARTS) is 1. The standard InChI is InChI=1S/C24H27N5O5/c1-15-6-8-16(9-7-15)14-29-22(27-23(32)28(2)24(29)33)25-17-10-12-18(13-11-17)34-20-5-3-4-19(26-20)21(30)31/h3-5,10-13,15-16H,6-9,14H2,1-2H3,(H,30,31)(H,25,27,32). The van der Waals surface area contributed by atoms with Crippen molar-refractivity contribution < 1.29 is 14.6 Å². The molecule has 1 aliphatic rings. The number of pyridine rings is 1. The van der Waals surface area contributed by atoms with Gasteiger partial charge in [-0.1, -0.05) is 25.8 Å². The fourth-order valence-electron chi connectivity index (χ4n) is 4.06. The summed E-state index contributed by atoms with van der Waals surface area (Å²) in [4.78, 5) is 44.2. The molecule has 0 spiro atoms. The Hall–Kier alpha value is -3.95. The lowest BCUT2D eigenvalue weighted by molar-refractivity contribution is 0.0689. The molecule has 4 rings (SSSR count). The molecule has 3 aromatic rings. The zero-order valence-corrected chi connectivity index (χ0v) is 19.1. The molecule has 1 fully saturated rings. The Morgan fingerprint density at radius 2 is 1.79 bits per heavy atom. The Morgan fingerprint density at radius 1 is 1.09 bits per heavy atom. The number of rotatable bonds is 7. The van der Waals surface area contributed by atoms with Crippen LogP contribution in [0.1, 0.15) is 43.1 Å². The topological polar surface area (TPSA) is 128 Å². The van der Waals surface area contributed by atoms with Gasteiger partial charge in [-0.2, -0.15) is 4.98 Å². The van der Waals surface area contributed by atoms with Gasteiger partial charge in [-0.05, 0) is 55.0 Å². The fourth-order valence-corrected chi connectivity index (χ4v) is 4.06. The highest BCUT2D eigenvalue weighted by atomic mass is 16.5. The first kappa shape index (κ1) is 23.2.